The van der Waals surface area contributed by atoms with Crippen molar-refractivity contribution in [2.24, 2.45) is 17.6 Å². The van der Waals surface area contributed by atoms with Crippen LogP contribution in [-0.2, 0) is 13.1 Å². The molecule has 1 aromatic rings. The molecule has 0 aromatic carbocycles. The van der Waals surface area contributed by atoms with E-state index in [1.54, 1.807) is 6.33 Å². The van der Waals surface area contributed by atoms with E-state index in [2.05, 4.69) is 28.8 Å². The average Bonchev–Trinajstić information content (AvgIpc) is 2.76. The highest BCUT2D eigenvalue weighted by Crippen LogP contribution is 2.18. The molecule has 0 aliphatic carbocycles. The minimum atomic E-state index is 0.416. The summed E-state index contributed by atoms with van der Waals surface area (Å²) in [4.78, 5) is 7.46. The summed E-state index contributed by atoms with van der Waals surface area (Å²) in [6, 6.07) is 0. The Morgan fingerprint density at radius 2 is 2.16 bits per heavy atom. The van der Waals surface area contributed by atoms with Crippen molar-refractivity contribution in [2.75, 3.05) is 13.1 Å². The standard InChI is InChI=1S/C13H23N5S/c1-10(2)7-18-12(15-9-16-18)8-17-5-3-11(4-6-17)13(14)19/h9-11H,3-8H2,1-2H3,(H2,14,19). The van der Waals surface area contributed by atoms with Crippen LogP contribution >= 0.6 is 12.2 Å². The highest BCUT2D eigenvalue weighted by Gasteiger charge is 2.22. The molecule has 0 spiro atoms. The van der Waals surface area contributed by atoms with E-state index < -0.39 is 0 Å². The van der Waals surface area contributed by atoms with Crippen LogP contribution in [0.1, 0.15) is 32.5 Å². The lowest BCUT2D eigenvalue weighted by molar-refractivity contribution is 0.194. The second-order valence-electron chi connectivity index (χ2n) is 5.71. The number of likely N-dealkylation sites (tertiary alicyclic amines) is 1. The molecule has 2 rings (SSSR count). The van der Waals surface area contributed by atoms with Gasteiger partial charge in [-0.3, -0.25) is 4.90 Å². The van der Waals surface area contributed by atoms with Gasteiger partial charge in [-0.15, -0.1) is 0 Å². The molecule has 1 aromatic heterocycles. The van der Waals surface area contributed by atoms with Crippen LogP contribution in [0.15, 0.2) is 6.33 Å². The van der Waals surface area contributed by atoms with Crippen molar-refractivity contribution in [3.8, 4) is 0 Å². The fourth-order valence-electron chi connectivity index (χ4n) is 2.48. The molecule has 19 heavy (non-hydrogen) atoms. The van der Waals surface area contributed by atoms with Crippen LogP contribution in [-0.4, -0.2) is 37.7 Å². The smallest absolute Gasteiger partial charge is 0.141 e. The molecular formula is C13H23N5S. The van der Waals surface area contributed by atoms with Gasteiger partial charge in [0.15, 0.2) is 0 Å². The number of hydrogen-bond acceptors (Lipinski definition) is 4. The van der Waals surface area contributed by atoms with Gasteiger partial charge in [-0.1, -0.05) is 26.1 Å². The predicted octanol–water partition coefficient (Wildman–Crippen LogP) is 1.43. The van der Waals surface area contributed by atoms with Crippen molar-refractivity contribution in [1.29, 1.82) is 0 Å². The molecule has 106 valence electrons. The zero-order valence-corrected chi connectivity index (χ0v) is 12.6. The first-order valence-electron chi connectivity index (χ1n) is 6.94. The zero-order valence-electron chi connectivity index (χ0n) is 11.7. The number of hydrogen-bond donors (Lipinski definition) is 1. The van der Waals surface area contributed by atoms with Crippen LogP contribution in [0.5, 0.6) is 0 Å². The van der Waals surface area contributed by atoms with Crippen molar-refractivity contribution in [1.82, 2.24) is 19.7 Å². The predicted molar refractivity (Wildman–Crippen MR) is 79.6 cm³/mol. The lowest BCUT2D eigenvalue weighted by Crippen LogP contribution is -2.38. The molecule has 1 fully saturated rings. The molecule has 6 heteroatoms. The summed E-state index contributed by atoms with van der Waals surface area (Å²) in [7, 11) is 0. The number of aromatic nitrogens is 3. The van der Waals surface area contributed by atoms with Gasteiger partial charge in [0.2, 0.25) is 0 Å². The Hall–Kier alpha value is -1.01. The summed E-state index contributed by atoms with van der Waals surface area (Å²) in [5.41, 5.74) is 5.71. The second-order valence-corrected chi connectivity index (χ2v) is 6.18. The third kappa shape index (κ3) is 3.98. The van der Waals surface area contributed by atoms with E-state index >= 15 is 0 Å². The maximum absolute atomic E-state index is 5.71. The first-order chi connectivity index (χ1) is 9.06. The summed E-state index contributed by atoms with van der Waals surface area (Å²) < 4.78 is 2.02. The monoisotopic (exact) mass is 281 g/mol. The Balaban J connectivity index is 1.89. The van der Waals surface area contributed by atoms with E-state index in [4.69, 9.17) is 18.0 Å². The normalized spacial score (nSPS) is 18.1. The van der Waals surface area contributed by atoms with Crippen molar-refractivity contribution in [3.63, 3.8) is 0 Å². The zero-order chi connectivity index (χ0) is 13.8. The number of nitrogens with two attached hydrogens (primary N) is 1. The summed E-state index contributed by atoms with van der Waals surface area (Å²) in [5.74, 6) is 2.06. The second kappa shape index (κ2) is 6.43. The fraction of sp³-hybridized carbons (Fsp3) is 0.769. The number of nitrogens with zero attached hydrogens (tertiary/aromatic N) is 4. The van der Waals surface area contributed by atoms with Gasteiger partial charge >= 0.3 is 0 Å². The van der Waals surface area contributed by atoms with Crippen LogP contribution in [0.2, 0.25) is 0 Å². The summed E-state index contributed by atoms with van der Waals surface area (Å²) in [6.07, 6.45) is 3.78. The van der Waals surface area contributed by atoms with E-state index in [9.17, 15) is 0 Å². The Kier molecular flexibility index (Phi) is 4.87. The third-order valence-electron chi connectivity index (χ3n) is 3.59. The van der Waals surface area contributed by atoms with Crippen LogP contribution in [0.25, 0.3) is 0 Å². The van der Waals surface area contributed by atoms with Crippen LogP contribution < -0.4 is 5.73 Å². The molecule has 1 aliphatic heterocycles. The van der Waals surface area contributed by atoms with Gasteiger partial charge in [-0.25, -0.2) is 9.67 Å². The van der Waals surface area contributed by atoms with Crippen molar-refractivity contribution in [2.45, 2.75) is 39.8 Å². The van der Waals surface area contributed by atoms with E-state index in [0.717, 1.165) is 44.8 Å². The van der Waals surface area contributed by atoms with Gasteiger partial charge in [0.1, 0.15) is 12.2 Å². The molecule has 0 bridgehead atoms. The lowest BCUT2D eigenvalue weighted by Gasteiger charge is -2.31. The molecule has 5 nitrogen and oxygen atoms in total. The topological polar surface area (TPSA) is 60.0 Å². The lowest BCUT2D eigenvalue weighted by atomic mass is 9.97. The molecule has 2 N–H and O–H groups in total. The SMILES string of the molecule is CC(C)Cn1ncnc1CN1CCC(C(N)=S)CC1. The van der Waals surface area contributed by atoms with Crippen LogP contribution in [0.3, 0.4) is 0 Å². The molecule has 1 aliphatic rings. The Morgan fingerprint density at radius 1 is 1.47 bits per heavy atom. The molecule has 0 atom stereocenters. The largest absolute Gasteiger partial charge is 0.393 e. The Labute approximate surface area is 120 Å². The minimum Gasteiger partial charge on any atom is -0.393 e. The Morgan fingerprint density at radius 3 is 2.74 bits per heavy atom. The molecule has 2 heterocycles. The van der Waals surface area contributed by atoms with E-state index in [-0.39, 0.29) is 0 Å². The summed E-state index contributed by atoms with van der Waals surface area (Å²) >= 11 is 5.07. The molecule has 0 saturated carbocycles. The van der Waals surface area contributed by atoms with E-state index in [1.807, 2.05) is 4.68 Å². The molecule has 0 unspecified atom stereocenters. The van der Waals surface area contributed by atoms with Gasteiger partial charge in [-0.2, -0.15) is 5.10 Å². The molecular weight excluding hydrogens is 258 g/mol. The van der Waals surface area contributed by atoms with Gasteiger partial charge in [0.25, 0.3) is 0 Å². The van der Waals surface area contributed by atoms with Crippen LogP contribution in [0.4, 0.5) is 0 Å². The number of thiocarbonyl (C=S) groups is 1. The average molecular weight is 281 g/mol. The maximum Gasteiger partial charge on any atom is 0.141 e. The van der Waals surface area contributed by atoms with Gasteiger partial charge in [0, 0.05) is 12.5 Å². The van der Waals surface area contributed by atoms with Gasteiger partial charge in [0.05, 0.1) is 11.5 Å². The maximum atomic E-state index is 5.71. The van der Waals surface area contributed by atoms with Gasteiger partial charge < -0.3 is 5.73 Å². The Bertz CT molecular complexity index is 420. The third-order valence-corrected chi connectivity index (χ3v) is 3.92. The molecule has 0 radical (unpaired) electrons. The quantitative estimate of drug-likeness (QED) is 0.827. The van der Waals surface area contributed by atoms with Crippen molar-refractivity contribution < 1.29 is 0 Å². The first-order valence-corrected chi connectivity index (χ1v) is 7.35. The van der Waals surface area contributed by atoms with E-state index in [1.165, 1.54) is 0 Å². The first kappa shape index (κ1) is 14.4. The van der Waals surface area contributed by atoms with Crippen molar-refractivity contribution in [3.05, 3.63) is 12.2 Å². The fourth-order valence-corrected chi connectivity index (χ4v) is 2.72. The molecule has 0 amide bonds. The summed E-state index contributed by atoms with van der Waals surface area (Å²) in [6.45, 7) is 8.26. The van der Waals surface area contributed by atoms with E-state index in [0.29, 0.717) is 16.8 Å². The van der Waals surface area contributed by atoms with Crippen molar-refractivity contribution >= 4 is 17.2 Å². The minimum absolute atomic E-state index is 0.416. The highest BCUT2D eigenvalue weighted by molar-refractivity contribution is 7.80. The number of piperidine rings is 1. The van der Waals surface area contributed by atoms with Crippen LogP contribution in [0, 0.1) is 11.8 Å². The number of rotatable bonds is 5. The summed E-state index contributed by atoms with van der Waals surface area (Å²) in [5, 5.41) is 4.30. The molecule has 1 saturated heterocycles. The van der Waals surface area contributed by atoms with Gasteiger partial charge in [-0.05, 0) is 31.8 Å². The highest BCUT2D eigenvalue weighted by atomic mass is 32.1.